The molecule has 0 saturated heterocycles. The lowest BCUT2D eigenvalue weighted by Crippen LogP contribution is -2.41. The number of hydrogen-bond donors (Lipinski definition) is 2. The zero-order valence-electron chi connectivity index (χ0n) is 13.5. The smallest absolute Gasteiger partial charge is 0.0447 e. The summed E-state index contributed by atoms with van der Waals surface area (Å²) in [5.74, 6) is 0.675. The minimum absolute atomic E-state index is 0.275. The van der Waals surface area contributed by atoms with Crippen LogP contribution in [0.5, 0.6) is 0 Å². The van der Waals surface area contributed by atoms with Crippen LogP contribution in [-0.4, -0.2) is 30.8 Å². The van der Waals surface area contributed by atoms with Crippen molar-refractivity contribution < 1.29 is 5.11 Å². The minimum Gasteiger partial charge on any atom is -0.396 e. The summed E-state index contributed by atoms with van der Waals surface area (Å²) in [4.78, 5) is 2.52. The molecule has 3 nitrogen and oxygen atoms in total. The second-order valence-corrected chi connectivity index (χ2v) is 6.51. The molecule has 1 fully saturated rings. The van der Waals surface area contributed by atoms with Crippen LogP contribution in [0.1, 0.15) is 45.1 Å². The molecule has 118 valence electrons. The monoisotopic (exact) mass is 290 g/mol. The van der Waals surface area contributed by atoms with Gasteiger partial charge in [-0.25, -0.2) is 0 Å². The van der Waals surface area contributed by atoms with Gasteiger partial charge in [-0.05, 0) is 49.8 Å². The van der Waals surface area contributed by atoms with Gasteiger partial charge in [-0.1, -0.05) is 32.0 Å². The number of benzene rings is 1. The molecule has 21 heavy (non-hydrogen) atoms. The van der Waals surface area contributed by atoms with E-state index >= 15 is 0 Å². The predicted octanol–water partition coefficient (Wildman–Crippen LogP) is 3.17. The summed E-state index contributed by atoms with van der Waals surface area (Å²) >= 11 is 0. The Bertz CT molecular complexity index is 415. The van der Waals surface area contributed by atoms with Crippen molar-refractivity contribution >= 4 is 5.69 Å². The van der Waals surface area contributed by atoms with E-state index < -0.39 is 0 Å². The summed E-state index contributed by atoms with van der Waals surface area (Å²) in [5, 5.41) is 12.7. The minimum atomic E-state index is 0.275. The number of para-hydroxylation sites is 1. The van der Waals surface area contributed by atoms with Crippen LogP contribution < -0.4 is 10.2 Å². The number of nitrogens with zero attached hydrogens (tertiary/aromatic N) is 1. The first kappa shape index (κ1) is 16.3. The molecular weight excluding hydrogens is 260 g/mol. The highest BCUT2D eigenvalue weighted by atomic mass is 16.3. The van der Waals surface area contributed by atoms with Crippen LogP contribution in [0.25, 0.3) is 0 Å². The van der Waals surface area contributed by atoms with E-state index in [1.165, 1.54) is 30.5 Å². The second kappa shape index (κ2) is 8.40. The zero-order valence-corrected chi connectivity index (χ0v) is 13.5. The maximum atomic E-state index is 9.17. The molecule has 0 aliphatic heterocycles. The fourth-order valence-electron chi connectivity index (χ4n) is 2.88. The lowest BCUT2D eigenvalue weighted by atomic mass is 9.90. The van der Waals surface area contributed by atoms with Crippen molar-refractivity contribution in [2.45, 2.75) is 52.1 Å². The Morgan fingerprint density at radius 2 is 2.05 bits per heavy atom. The van der Waals surface area contributed by atoms with Gasteiger partial charge in [0.15, 0.2) is 0 Å². The molecule has 1 aromatic rings. The van der Waals surface area contributed by atoms with Crippen LogP contribution >= 0.6 is 0 Å². The van der Waals surface area contributed by atoms with Crippen LogP contribution in [-0.2, 0) is 6.54 Å². The highest BCUT2D eigenvalue weighted by Gasteiger charge is 2.25. The molecule has 2 rings (SSSR count). The van der Waals surface area contributed by atoms with Crippen LogP contribution in [0, 0.1) is 5.92 Å². The third-order valence-corrected chi connectivity index (χ3v) is 4.24. The molecule has 3 heteroatoms. The molecule has 2 N–H and O–H groups in total. The van der Waals surface area contributed by atoms with Crippen LogP contribution in [0.15, 0.2) is 24.3 Å². The Labute approximate surface area is 129 Å². The van der Waals surface area contributed by atoms with Crippen LogP contribution in [0.2, 0.25) is 0 Å². The second-order valence-electron chi connectivity index (χ2n) is 6.51. The molecule has 1 aromatic carbocycles. The van der Waals surface area contributed by atoms with Gasteiger partial charge in [-0.2, -0.15) is 0 Å². The first-order valence-corrected chi connectivity index (χ1v) is 8.38. The fraction of sp³-hybridized carbons (Fsp3) is 0.667. The van der Waals surface area contributed by atoms with Crippen molar-refractivity contribution in [2.24, 2.45) is 5.92 Å². The molecule has 1 saturated carbocycles. The van der Waals surface area contributed by atoms with Crippen molar-refractivity contribution in [1.82, 2.24) is 5.32 Å². The Morgan fingerprint density at radius 3 is 2.67 bits per heavy atom. The van der Waals surface area contributed by atoms with Gasteiger partial charge in [0.2, 0.25) is 0 Å². The average molecular weight is 290 g/mol. The molecule has 1 aliphatic rings. The molecular formula is C18H30N2O. The van der Waals surface area contributed by atoms with Gasteiger partial charge >= 0.3 is 0 Å². The third-order valence-electron chi connectivity index (χ3n) is 4.24. The highest BCUT2D eigenvalue weighted by molar-refractivity contribution is 5.54. The normalized spacial score (nSPS) is 15.2. The van der Waals surface area contributed by atoms with E-state index in [9.17, 15) is 0 Å². The topological polar surface area (TPSA) is 35.5 Å². The standard InChI is InChI=1S/C18H30N2O/c1-15(2)13-19-14-16-7-3-4-10-18(16)20(11-6-12-21)17-8-5-9-17/h3-4,7,10,15,17,19,21H,5-6,8-9,11-14H2,1-2H3. The number of aliphatic hydroxyl groups excluding tert-OH is 1. The third kappa shape index (κ3) is 4.72. The first-order chi connectivity index (χ1) is 10.2. The van der Waals surface area contributed by atoms with E-state index in [0.29, 0.717) is 12.0 Å². The molecule has 0 aromatic heterocycles. The molecule has 0 unspecified atom stereocenters. The van der Waals surface area contributed by atoms with Crippen LogP contribution in [0.4, 0.5) is 5.69 Å². The maximum Gasteiger partial charge on any atom is 0.0447 e. The summed E-state index contributed by atoms with van der Waals surface area (Å²) in [7, 11) is 0. The number of rotatable bonds is 9. The Balaban J connectivity index is 2.07. The zero-order chi connectivity index (χ0) is 15.1. The molecule has 0 bridgehead atoms. The van der Waals surface area contributed by atoms with E-state index in [0.717, 1.165) is 26.1 Å². The van der Waals surface area contributed by atoms with Gasteiger partial charge in [-0.15, -0.1) is 0 Å². The van der Waals surface area contributed by atoms with E-state index in [4.69, 9.17) is 5.11 Å². The molecule has 0 spiro atoms. The predicted molar refractivity (Wildman–Crippen MR) is 89.7 cm³/mol. The van der Waals surface area contributed by atoms with E-state index in [-0.39, 0.29) is 6.61 Å². The van der Waals surface area contributed by atoms with E-state index in [2.05, 4.69) is 48.3 Å². The van der Waals surface area contributed by atoms with Crippen molar-refractivity contribution in [2.75, 3.05) is 24.6 Å². The van der Waals surface area contributed by atoms with E-state index in [1.807, 2.05) is 0 Å². The first-order valence-electron chi connectivity index (χ1n) is 8.38. The van der Waals surface area contributed by atoms with Crippen molar-refractivity contribution in [3.8, 4) is 0 Å². The summed E-state index contributed by atoms with van der Waals surface area (Å²) < 4.78 is 0. The molecule has 1 aliphatic carbocycles. The van der Waals surface area contributed by atoms with Gasteiger partial charge < -0.3 is 15.3 Å². The van der Waals surface area contributed by atoms with Crippen molar-refractivity contribution in [3.63, 3.8) is 0 Å². The maximum absolute atomic E-state index is 9.17. The lowest BCUT2D eigenvalue weighted by Gasteiger charge is -2.40. The van der Waals surface area contributed by atoms with Gasteiger partial charge in [0.25, 0.3) is 0 Å². The average Bonchev–Trinajstić information content (AvgIpc) is 2.41. The summed E-state index contributed by atoms with van der Waals surface area (Å²) in [6.07, 6.45) is 4.77. The Kier molecular flexibility index (Phi) is 6.52. The van der Waals surface area contributed by atoms with Crippen molar-refractivity contribution in [1.29, 1.82) is 0 Å². The van der Waals surface area contributed by atoms with E-state index in [1.54, 1.807) is 0 Å². The van der Waals surface area contributed by atoms with Gasteiger partial charge in [-0.3, -0.25) is 0 Å². The summed E-state index contributed by atoms with van der Waals surface area (Å²) in [5.41, 5.74) is 2.73. The molecule has 0 amide bonds. The number of nitrogens with one attached hydrogen (secondary N) is 1. The van der Waals surface area contributed by atoms with Gasteiger partial charge in [0.05, 0.1) is 0 Å². The number of hydrogen-bond acceptors (Lipinski definition) is 3. The quantitative estimate of drug-likeness (QED) is 0.733. The van der Waals surface area contributed by atoms with Gasteiger partial charge in [0.1, 0.15) is 0 Å². The molecule has 0 atom stereocenters. The highest BCUT2D eigenvalue weighted by Crippen LogP contribution is 2.31. The Morgan fingerprint density at radius 1 is 1.29 bits per heavy atom. The lowest BCUT2D eigenvalue weighted by molar-refractivity contribution is 0.283. The SMILES string of the molecule is CC(C)CNCc1ccccc1N(CCCO)C1CCC1. The number of anilines is 1. The van der Waals surface area contributed by atoms with Crippen molar-refractivity contribution in [3.05, 3.63) is 29.8 Å². The molecule has 0 radical (unpaired) electrons. The van der Waals surface area contributed by atoms with Gasteiger partial charge in [0, 0.05) is 31.4 Å². The number of aliphatic hydroxyl groups is 1. The fourth-order valence-corrected chi connectivity index (χ4v) is 2.88. The summed E-state index contributed by atoms with van der Waals surface area (Å²) in [6.45, 7) is 7.69. The largest absolute Gasteiger partial charge is 0.396 e. The molecule has 0 heterocycles. The Hall–Kier alpha value is -1.06. The summed E-state index contributed by atoms with van der Waals surface area (Å²) in [6, 6.07) is 9.39. The van der Waals surface area contributed by atoms with Crippen LogP contribution in [0.3, 0.4) is 0 Å².